The predicted molar refractivity (Wildman–Crippen MR) is 37.0 cm³/mol. The molecule has 2 rings (SSSR count). The summed E-state index contributed by atoms with van der Waals surface area (Å²) in [6.45, 7) is 0. The van der Waals surface area contributed by atoms with Crippen LogP contribution >= 0.6 is 0 Å². The molecular weight excluding hydrogens is 188 g/mol. The Morgan fingerprint density at radius 3 is 1.46 bits per heavy atom. The minimum atomic E-state index is -2.58. The summed E-state index contributed by atoms with van der Waals surface area (Å²) in [6.07, 6.45) is -3.97. The molecule has 0 N–H and O–H groups in total. The fourth-order valence-electron chi connectivity index (χ4n) is 1.47. The van der Waals surface area contributed by atoms with Crippen molar-refractivity contribution in [2.45, 2.75) is 49.7 Å². The summed E-state index contributed by atoms with van der Waals surface area (Å²) in [5.41, 5.74) is 0. The lowest BCUT2D eigenvalue weighted by molar-refractivity contribution is -0.364. The third-order valence-corrected chi connectivity index (χ3v) is 2.75. The van der Waals surface area contributed by atoms with Crippen LogP contribution in [-0.2, 0) is 4.74 Å². The molecule has 0 heterocycles. The molecule has 2 aliphatic rings. The van der Waals surface area contributed by atoms with E-state index < -0.39 is 24.1 Å². The summed E-state index contributed by atoms with van der Waals surface area (Å²) in [5.74, 6) is -5.17. The highest BCUT2D eigenvalue weighted by Gasteiger charge is 2.60. The van der Waals surface area contributed by atoms with E-state index in [0.717, 1.165) is 0 Å². The highest BCUT2D eigenvalue weighted by atomic mass is 19.2. The molecule has 0 radical (unpaired) electrons. The Balaban J connectivity index is 1.97. The fraction of sp³-hybridized carbons (Fsp3) is 1.00. The number of hydrogen-bond donors (Lipinski definition) is 0. The van der Waals surface area contributed by atoms with Crippen molar-refractivity contribution in [1.29, 1.82) is 0 Å². The Kier molecular flexibility index (Phi) is 1.84. The molecule has 0 aromatic heterocycles. The van der Waals surface area contributed by atoms with E-state index in [1.165, 1.54) is 0 Å². The molecule has 4 unspecified atom stereocenters. The van der Waals surface area contributed by atoms with Crippen LogP contribution < -0.4 is 0 Å². The minimum Gasteiger partial charge on any atom is -0.303 e. The quantitative estimate of drug-likeness (QED) is 0.619. The van der Waals surface area contributed by atoms with Crippen molar-refractivity contribution in [3.8, 4) is 0 Å². The highest BCUT2D eigenvalue weighted by molar-refractivity contribution is 4.97. The van der Waals surface area contributed by atoms with Crippen LogP contribution in [0.3, 0.4) is 0 Å². The first-order valence-corrected chi connectivity index (χ1v) is 4.32. The van der Waals surface area contributed by atoms with Gasteiger partial charge in [0, 0.05) is 12.8 Å². The van der Waals surface area contributed by atoms with Crippen molar-refractivity contribution < 1.29 is 22.3 Å². The minimum absolute atomic E-state index is 0.0174. The van der Waals surface area contributed by atoms with Gasteiger partial charge in [0.1, 0.15) is 0 Å². The number of alkyl halides is 4. The van der Waals surface area contributed by atoms with Crippen LogP contribution in [0.5, 0.6) is 0 Å². The molecule has 2 fully saturated rings. The van der Waals surface area contributed by atoms with Crippen molar-refractivity contribution in [2.24, 2.45) is 0 Å². The topological polar surface area (TPSA) is 9.23 Å². The van der Waals surface area contributed by atoms with Gasteiger partial charge in [0.05, 0.1) is 0 Å². The first-order valence-electron chi connectivity index (χ1n) is 4.32. The third-order valence-electron chi connectivity index (χ3n) is 2.75. The molecule has 0 amide bonds. The molecule has 0 saturated heterocycles. The van der Waals surface area contributed by atoms with Crippen molar-refractivity contribution >= 4 is 0 Å². The summed E-state index contributed by atoms with van der Waals surface area (Å²) in [4.78, 5) is 0. The van der Waals surface area contributed by atoms with Gasteiger partial charge in [0.25, 0.3) is 0 Å². The maximum absolute atomic E-state index is 13.2. The van der Waals surface area contributed by atoms with Gasteiger partial charge in [-0.25, -0.2) is 17.6 Å². The first-order chi connectivity index (χ1) is 5.96. The maximum atomic E-state index is 13.2. The summed E-state index contributed by atoms with van der Waals surface area (Å²) in [5, 5.41) is 0. The van der Waals surface area contributed by atoms with E-state index in [1.54, 1.807) is 0 Å². The number of ether oxygens (including phenoxy) is 1. The van der Waals surface area contributed by atoms with Gasteiger partial charge < -0.3 is 4.74 Å². The second kappa shape index (κ2) is 2.59. The molecule has 1 nitrogen and oxygen atoms in total. The molecule has 2 aliphatic carbocycles. The second-order valence-electron chi connectivity index (χ2n) is 3.69. The van der Waals surface area contributed by atoms with Gasteiger partial charge >= 0.3 is 0 Å². The number of hydrogen-bond acceptors (Lipinski definition) is 1. The van der Waals surface area contributed by atoms with E-state index in [9.17, 15) is 17.6 Å². The van der Waals surface area contributed by atoms with E-state index in [-0.39, 0.29) is 25.7 Å². The van der Waals surface area contributed by atoms with Crippen LogP contribution in [0.25, 0.3) is 0 Å². The SMILES string of the molecule is FC1CCC1(F)OC1(F)CCC1F. The Morgan fingerprint density at radius 2 is 1.31 bits per heavy atom. The van der Waals surface area contributed by atoms with Gasteiger partial charge in [-0.3, -0.25) is 0 Å². The highest BCUT2D eigenvalue weighted by Crippen LogP contribution is 2.49. The van der Waals surface area contributed by atoms with Gasteiger partial charge in [0.2, 0.25) is 11.7 Å². The van der Waals surface area contributed by atoms with E-state index in [2.05, 4.69) is 4.74 Å². The Morgan fingerprint density at radius 1 is 0.923 bits per heavy atom. The second-order valence-corrected chi connectivity index (χ2v) is 3.69. The average Bonchev–Trinajstić information content (AvgIpc) is 2.12. The van der Waals surface area contributed by atoms with E-state index in [1.807, 2.05) is 0 Å². The summed E-state index contributed by atoms with van der Waals surface area (Å²) in [7, 11) is 0. The molecule has 0 aromatic carbocycles. The lowest BCUT2D eigenvalue weighted by atomic mass is 9.86. The predicted octanol–water partition coefficient (Wildman–Crippen LogP) is 2.60. The van der Waals surface area contributed by atoms with Crippen LogP contribution in [0.15, 0.2) is 0 Å². The van der Waals surface area contributed by atoms with E-state index in [4.69, 9.17) is 0 Å². The molecule has 13 heavy (non-hydrogen) atoms. The van der Waals surface area contributed by atoms with E-state index in [0.29, 0.717) is 0 Å². The van der Waals surface area contributed by atoms with Crippen LogP contribution in [-0.4, -0.2) is 24.1 Å². The first kappa shape index (κ1) is 9.24. The zero-order valence-electron chi connectivity index (χ0n) is 6.90. The van der Waals surface area contributed by atoms with Crippen molar-refractivity contribution in [2.75, 3.05) is 0 Å². The van der Waals surface area contributed by atoms with Gasteiger partial charge in [-0.15, -0.1) is 0 Å². The molecule has 5 heteroatoms. The summed E-state index contributed by atoms with van der Waals surface area (Å²) in [6, 6.07) is 0. The lowest BCUT2D eigenvalue weighted by Gasteiger charge is -2.46. The van der Waals surface area contributed by atoms with Crippen LogP contribution in [0, 0.1) is 0 Å². The van der Waals surface area contributed by atoms with Crippen molar-refractivity contribution in [3.63, 3.8) is 0 Å². The smallest absolute Gasteiger partial charge is 0.243 e. The zero-order chi connectivity index (χ0) is 9.69. The van der Waals surface area contributed by atoms with E-state index >= 15 is 0 Å². The Hall–Kier alpha value is -0.320. The molecule has 0 bridgehead atoms. The monoisotopic (exact) mass is 198 g/mol. The van der Waals surface area contributed by atoms with Crippen molar-refractivity contribution in [3.05, 3.63) is 0 Å². The van der Waals surface area contributed by atoms with Crippen LogP contribution in [0.2, 0.25) is 0 Å². The fourth-order valence-corrected chi connectivity index (χ4v) is 1.47. The number of halogens is 4. The molecule has 4 atom stereocenters. The molecule has 0 aliphatic heterocycles. The van der Waals surface area contributed by atoms with Crippen molar-refractivity contribution in [1.82, 2.24) is 0 Å². The maximum Gasteiger partial charge on any atom is 0.243 e. The average molecular weight is 198 g/mol. The number of rotatable bonds is 2. The molecule has 76 valence electrons. The van der Waals surface area contributed by atoms with Crippen LogP contribution in [0.1, 0.15) is 25.7 Å². The molecule has 0 aromatic rings. The van der Waals surface area contributed by atoms with Crippen LogP contribution in [0.4, 0.5) is 17.6 Å². The third kappa shape index (κ3) is 1.24. The largest absolute Gasteiger partial charge is 0.303 e. The summed E-state index contributed by atoms with van der Waals surface area (Å²) < 4.78 is 55.8. The zero-order valence-corrected chi connectivity index (χ0v) is 6.90. The van der Waals surface area contributed by atoms with Gasteiger partial charge in [-0.2, -0.15) is 0 Å². The Labute approximate surface area is 73.1 Å². The standard InChI is InChI=1S/C8H10F4O/c9-5-1-3-7(5,11)13-8(12)4-2-6(8)10/h5-6H,1-4H2. The lowest BCUT2D eigenvalue weighted by Crippen LogP contribution is -2.58. The molecule has 2 saturated carbocycles. The summed E-state index contributed by atoms with van der Waals surface area (Å²) >= 11 is 0. The van der Waals surface area contributed by atoms with Gasteiger partial charge in [-0.1, -0.05) is 0 Å². The van der Waals surface area contributed by atoms with Gasteiger partial charge in [0.15, 0.2) is 12.3 Å². The van der Waals surface area contributed by atoms with Gasteiger partial charge in [-0.05, 0) is 12.8 Å². The Bertz CT molecular complexity index is 202. The normalized spacial score (nSPS) is 55.4. The molecule has 0 spiro atoms. The molecular formula is C8H10F4O.